The second-order valence-corrected chi connectivity index (χ2v) is 7.28. The van der Waals surface area contributed by atoms with Crippen LogP contribution >= 0.6 is 23.4 Å². The molecular weight excluding hydrogens is 390 g/mol. The molecule has 9 heteroatoms. The van der Waals surface area contributed by atoms with Crippen molar-refractivity contribution in [2.75, 3.05) is 12.0 Å². The highest BCUT2D eigenvalue weighted by Crippen LogP contribution is 2.35. The maximum Gasteiger partial charge on any atom is 0.283 e. The Morgan fingerprint density at radius 3 is 2.81 bits per heavy atom. The topological polar surface area (TPSA) is 98.1 Å². The number of methoxy groups -OCH3 is 1. The smallest absolute Gasteiger partial charge is 0.283 e. The fraction of sp³-hybridized carbons (Fsp3) is 0.167. The summed E-state index contributed by atoms with van der Waals surface area (Å²) in [6.45, 7) is 1.65. The number of nitrogens with zero attached hydrogens (tertiary/aromatic N) is 2. The predicted molar refractivity (Wildman–Crippen MR) is 106 cm³/mol. The van der Waals surface area contributed by atoms with Crippen LogP contribution in [-0.4, -0.2) is 29.3 Å². The molecule has 0 saturated heterocycles. The molecule has 2 heterocycles. The quantitative estimate of drug-likeness (QED) is 0.769. The Hall–Kier alpha value is -2.71. The van der Waals surface area contributed by atoms with E-state index < -0.39 is 11.2 Å². The SMILES string of the molecule is COc1ccc(N2C(=O)/C(=C\c3ccco3)N=C2SC(C)C(N)=O)cc1Cl. The summed E-state index contributed by atoms with van der Waals surface area (Å²) in [6, 6.07) is 8.35. The molecule has 0 saturated carbocycles. The van der Waals surface area contributed by atoms with Crippen molar-refractivity contribution in [2.24, 2.45) is 10.7 Å². The summed E-state index contributed by atoms with van der Waals surface area (Å²) in [5, 5.41) is 0.0969. The lowest BCUT2D eigenvalue weighted by atomic mass is 10.2. The van der Waals surface area contributed by atoms with Crippen LogP contribution in [0.2, 0.25) is 5.02 Å². The van der Waals surface area contributed by atoms with Gasteiger partial charge < -0.3 is 14.9 Å². The van der Waals surface area contributed by atoms with E-state index in [0.717, 1.165) is 11.8 Å². The Labute approximate surface area is 164 Å². The number of amidine groups is 1. The van der Waals surface area contributed by atoms with Crippen LogP contribution < -0.4 is 15.4 Å². The summed E-state index contributed by atoms with van der Waals surface area (Å²) in [6.07, 6.45) is 3.03. The number of rotatable bonds is 5. The Morgan fingerprint density at radius 1 is 1.44 bits per heavy atom. The van der Waals surface area contributed by atoms with Crippen molar-refractivity contribution in [3.05, 3.63) is 53.1 Å². The third-order valence-corrected chi connectivity index (χ3v) is 5.09. The highest BCUT2D eigenvalue weighted by Gasteiger charge is 2.34. The zero-order valence-electron chi connectivity index (χ0n) is 14.5. The van der Waals surface area contributed by atoms with Crippen LogP contribution in [-0.2, 0) is 9.59 Å². The molecule has 0 fully saturated rings. The van der Waals surface area contributed by atoms with Gasteiger partial charge in [0, 0.05) is 6.08 Å². The number of amides is 2. The number of anilines is 1. The van der Waals surface area contributed by atoms with Crippen LogP contribution in [0.4, 0.5) is 5.69 Å². The number of hydrogen-bond acceptors (Lipinski definition) is 6. The first-order valence-corrected chi connectivity index (χ1v) is 9.14. The lowest BCUT2D eigenvalue weighted by Crippen LogP contribution is -2.33. The molecule has 2 N–H and O–H groups in total. The molecule has 2 amide bonds. The molecule has 0 spiro atoms. The summed E-state index contributed by atoms with van der Waals surface area (Å²) in [4.78, 5) is 30.2. The summed E-state index contributed by atoms with van der Waals surface area (Å²) in [5.41, 5.74) is 6.03. The lowest BCUT2D eigenvalue weighted by Gasteiger charge is -2.20. The first-order valence-electron chi connectivity index (χ1n) is 7.88. The second-order valence-electron chi connectivity index (χ2n) is 5.56. The maximum absolute atomic E-state index is 13.0. The fourth-order valence-electron chi connectivity index (χ4n) is 2.32. The zero-order chi connectivity index (χ0) is 19.6. The van der Waals surface area contributed by atoms with Gasteiger partial charge in [-0.25, -0.2) is 4.99 Å². The van der Waals surface area contributed by atoms with E-state index in [1.807, 2.05) is 0 Å². The van der Waals surface area contributed by atoms with Gasteiger partial charge >= 0.3 is 0 Å². The molecular formula is C18H16ClN3O4S. The van der Waals surface area contributed by atoms with Gasteiger partial charge in [0.25, 0.3) is 5.91 Å². The third kappa shape index (κ3) is 4.01. The molecule has 1 aliphatic heterocycles. The van der Waals surface area contributed by atoms with Gasteiger partial charge in [-0.15, -0.1) is 0 Å². The van der Waals surface area contributed by atoms with E-state index in [2.05, 4.69) is 4.99 Å². The molecule has 2 aromatic rings. The Kier molecular flexibility index (Phi) is 5.57. The molecule has 27 heavy (non-hydrogen) atoms. The molecule has 1 aromatic heterocycles. The van der Waals surface area contributed by atoms with Gasteiger partial charge in [0.05, 0.1) is 29.3 Å². The molecule has 0 bridgehead atoms. The predicted octanol–water partition coefficient (Wildman–Crippen LogP) is 3.29. The van der Waals surface area contributed by atoms with Crippen molar-refractivity contribution < 1.29 is 18.7 Å². The molecule has 140 valence electrons. The highest BCUT2D eigenvalue weighted by atomic mass is 35.5. The van der Waals surface area contributed by atoms with Crippen LogP contribution in [0.25, 0.3) is 6.08 Å². The Bertz CT molecular complexity index is 940. The second kappa shape index (κ2) is 7.89. The molecule has 1 aromatic carbocycles. The molecule has 3 rings (SSSR count). The van der Waals surface area contributed by atoms with Gasteiger partial charge in [-0.05, 0) is 37.3 Å². The van der Waals surface area contributed by atoms with Gasteiger partial charge in [0.15, 0.2) is 5.17 Å². The van der Waals surface area contributed by atoms with Gasteiger partial charge in [-0.2, -0.15) is 0 Å². The van der Waals surface area contributed by atoms with E-state index in [1.165, 1.54) is 24.3 Å². The van der Waals surface area contributed by atoms with Crippen molar-refractivity contribution in [3.8, 4) is 5.75 Å². The van der Waals surface area contributed by atoms with E-state index in [4.69, 9.17) is 26.5 Å². The molecule has 0 aliphatic carbocycles. The zero-order valence-corrected chi connectivity index (χ0v) is 16.1. The first-order chi connectivity index (χ1) is 12.9. The highest BCUT2D eigenvalue weighted by molar-refractivity contribution is 8.15. The molecule has 7 nitrogen and oxygen atoms in total. The summed E-state index contributed by atoms with van der Waals surface area (Å²) in [5.74, 6) is 0.0946. The standard InChI is InChI=1S/C18H16ClN3O4S/c1-10(16(20)23)27-18-21-14(9-12-4-3-7-26-12)17(24)22(18)11-5-6-15(25-2)13(19)8-11/h3-10H,1-2H3,(H2,20,23)/b14-9+. The number of aliphatic imine (C=N–C) groups is 1. The van der Waals surface area contributed by atoms with E-state index in [1.54, 1.807) is 37.3 Å². The largest absolute Gasteiger partial charge is 0.495 e. The van der Waals surface area contributed by atoms with E-state index in [9.17, 15) is 9.59 Å². The number of furan rings is 1. The van der Waals surface area contributed by atoms with Gasteiger partial charge in [0.2, 0.25) is 5.91 Å². The number of nitrogens with two attached hydrogens (primary N) is 1. The van der Waals surface area contributed by atoms with E-state index in [0.29, 0.717) is 27.4 Å². The normalized spacial score (nSPS) is 16.6. The van der Waals surface area contributed by atoms with Crippen molar-refractivity contribution in [1.29, 1.82) is 0 Å². The van der Waals surface area contributed by atoms with Crippen molar-refractivity contribution >= 4 is 52.1 Å². The average molecular weight is 406 g/mol. The number of thioether (sulfide) groups is 1. The molecule has 1 aliphatic rings. The number of benzene rings is 1. The number of primary amides is 1. The van der Waals surface area contributed by atoms with Crippen molar-refractivity contribution in [1.82, 2.24) is 0 Å². The number of halogens is 1. The summed E-state index contributed by atoms with van der Waals surface area (Å²) >= 11 is 7.29. The minimum absolute atomic E-state index is 0.177. The van der Waals surface area contributed by atoms with E-state index in [-0.39, 0.29) is 11.6 Å². The maximum atomic E-state index is 13.0. The van der Waals surface area contributed by atoms with Gasteiger partial charge in [-0.3, -0.25) is 14.5 Å². The minimum Gasteiger partial charge on any atom is -0.495 e. The van der Waals surface area contributed by atoms with Gasteiger partial charge in [0.1, 0.15) is 17.2 Å². The van der Waals surface area contributed by atoms with Crippen LogP contribution in [0.15, 0.2) is 51.7 Å². The number of carbonyl (C=O) groups is 2. The minimum atomic E-state index is -0.573. The van der Waals surface area contributed by atoms with Crippen LogP contribution in [0, 0.1) is 0 Å². The fourth-order valence-corrected chi connectivity index (χ4v) is 3.45. The summed E-state index contributed by atoms with van der Waals surface area (Å²) in [7, 11) is 1.50. The van der Waals surface area contributed by atoms with E-state index >= 15 is 0 Å². The Balaban J connectivity index is 2.01. The van der Waals surface area contributed by atoms with Crippen molar-refractivity contribution in [2.45, 2.75) is 12.2 Å². The van der Waals surface area contributed by atoms with Crippen molar-refractivity contribution in [3.63, 3.8) is 0 Å². The number of carbonyl (C=O) groups excluding carboxylic acids is 2. The summed E-state index contributed by atoms with van der Waals surface area (Å²) < 4.78 is 10.4. The molecule has 1 unspecified atom stereocenters. The Morgan fingerprint density at radius 2 is 2.22 bits per heavy atom. The first kappa shape index (κ1) is 19.1. The monoisotopic (exact) mass is 405 g/mol. The number of hydrogen-bond donors (Lipinski definition) is 1. The molecule has 0 radical (unpaired) electrons. The molecule has 1 atom stereocenters. The average Bonchev–Trinajstić information content (AvgIpc) is 3.24. The lowest BCUT2D eigenvalue weighted by molar-refractivity contribution is -0.117. The van der Waals surface area contributed by atoms with Gasteiger partial charge in [-0.1, -0.05) is 23.4 Å². The van der Waals surface area contributed by atoms with Crippen LogP contribution in [0.5, 0.6) is 5.75 Å². The van der Waals surface area contributed by atoms with Crippen LogP contribution in [0.1, 0.15) is 12.7 Å². The third-order valence-electron chi connectivity index (χ3n) is 3.73. The number of ether oxygens (including phenoxy) is 1. The van der Waals surface area contributed by atoms with Crippen LogP contribution in [0.3, 0.4) is 0 Å².